The summed E-state index contributed by atoms with van der Waals surface area (Å²) < 4.78 is 7.17. The van der Waals surface area contributed by atoms with Crippen LogP contribution < -0.4 is 9.54 Å². The van der Waals surface area contributed by atoms with Gasteiger partial charge in [-0.3, -0.25) is 10.2 Å². The summed E-state index contributed by atoms with van der Waals surface area (Å²) in [4.78, 5) is 12.5. The quantitative estimate of drug-likeness (QED) is 0.690. The van der Waals surface area contributed by atoms with E-state index in [-0.39, 0.29) is 23.7 Å². The van der Waals surface area contributed by atoms with Gasteiger partial charge in [0, 0.05) is 5.56 Å². The van der Waals surface area contributed by atoms with Crippen LogP contribution in [0.5, 0.6) is 5.75 Å². The summed E-state index contributed by atoms with van der Waals surface area (Å²) in [5.41, 5.74) is 3.00. The second-order valence-corrected chi connectivity index (χ2v) is 6.84. The first kappa shape index (κ1) is 17.1. The summed E-state index contributed by atoms with van der Waals surface area (Å²) in [7, 11) is 0. The van der Waals surface area contributed by atoms with Gasteiger partial charge in [-0.2, -0.15) is 5.10 Å². The minimum atomic E-state index is -0.0639. The third-order valence-corrected chi connectivity index (χ3v) is 4.75. The van der Waals surface area contributed by atoms with Crippen molar-refractivity contribution in [1.82, 2.24) is 9.78 Å². The van der Waals surface area contributed by atoms with E-state index in [0.717, 1.165) is 5.75 Å². The second kappa shape index (κ2) is 7.44. The molecule has 0 fully saturated rings. The Morgan fingerprint density at radius 2 is 1.92 bits per heavy atom. The molecular formula is C19H19N3O2S. The predicted octanol–water partition coefficient (Wildman–Crippen LogP) is 3.50. The number of carbonyl (C=O) groups excluding carboxylic acids is 1. The molecule has 3 aromatic rings. The van der Waals surface area contributed by atoms with Gasteiger partial charge in [-0.15, -0.1) is 0 Å². The molecule has 2 aromatic carbocycles. The molecule has 0 aliphatic carbocycles. The van der Waals surface area contributed by atoms with Gasteiger partial charge in [0.15, 0.2) is 10.8 Å². The lowest BCUT2D eigenvalue weighted by Crippen LogP contribution is -2.21. The van der Waals surface area contributed by atoms with Crippen molar-refractivity contribution >= 4 is 17.1 Å². The summed E-state index contributed by atoms with van der Waals surface area (Å²) in [5.74, 6) is 0.711. The number of Topliss-reactive ketones (excluding diaryl/α,β-unsaturated/α-hetero) is 1. The summed E-state index contributed by atoms with van der Waals surface area (Å²) in [6.45, 7) is 4.43. The van der Waals surface area contributed by atoms with Gasteiger partial charge in [-0.05, 0) is 37.1 Å². The maximum absolute atomic E-state index is 12.3. The monoisotopic (exact) mass is 353 g/mol. The molecule has 0 radical (unpaired) electrons. The van der Waals surface area contributed by atoms with Crippen LogP contribution in [-0.2, 0) is 13.2 Å². The van der Waals surface area contributed by atoms with E-state index in [1.807, 2.05) is 43.3 Å². The number of carbonyl (C=O) groups is 1. The average Bonchev–Trinajstić information content (AvgIpc) is 2.96. The lowest BCUT2D eigenvalue weighted by Gasteiger charge is -2.06. The van der Waals surface area contributed by atoms with Crippen molar-refractivity contribution in [1.29, 1.82) is 5.41 Å². The van der Waals surface area contributed by atoms with Crippen molar-refractivity contribution in [2.24, 2.45) is 0 Å². The highest BCUT2D eigenvalue weighted by molar-refractivity contribution is 7.08. The topological polar surface area (TPSA) is 68.0 Å². The van der Waals surface area contributed by atoms with Crippen LogP contribution in [0.3, 0.4) is 0 Å². The SMILES string of the molecule is Cc1ccc(OCc2nn(CC(=O)c3ccccc3)c(=N)s2)cc1C. The van der Waals surface area contributed by atoms with Crippen molar-refractivity contribution in [3.8, 4) is 5.75 Å². The molecule has 0 atom stereocenters. The number of ketones is 1. The van der Waals surface area contributed by atoms with Crippen LogP contribution in [0.4, 0.5) is 0 Å². The molecule has 0 bridgehead atoms. The molecule has 0 saturated heterocycles. The molecule has 1 N–H and O–H groups in total. The maximum Gasteiger partial charge on any atom is 0.200 e. The zero-order valence-electron chi connectivity index (χ0n) is 14.2. The molecule has 128 valence electrons. The molecule has 0 saturated carbocycles. The van der Waals surface area contributed by atoms with Crippen LogP contribution in [0.2, 0.25) is 0 Å². The van der Waals surface area contributed by atoms with Gasteiger partial charge in [-0.25, -0.2) is 4.68 Å². The van der Waals surface area contributed by atoms with E-state index in [9.17, 15) is 4.79 Å². The first-order chi connectivity index (χ1) is 12.0. The van der Waals surface area contributed by atoms with Gasteiger partial charge in [-0.1, -0.05) is 47.7 Å². The van der Waals surface area contributed by atoms with Gasteiger partial charge in [0.2, 0.25) is 4.80 Å². The molecule has 3 rings (SSSR count). The zero-order chi connectivity index (χ0) is 17.8. The number of hydrogen-bond acceptors (Lipinski definition) is 5. The highest BCUT2D eigenvalue weighted by Gasteiger charge is 2.11. The maximum atomic E-state index is 12.3. The zero-order valence-corrected chi connectivity index (χ0v) is 15.0. The molecule has 0 aliphatic heterocycles. The molecule has 0 amide bonds. The van der Waals surface area contributed by atoms with Crippen LogP contribution in [0.15, 0.2) is 48.5 Å². The van der Waals surface area contributed by atoms with Crippen molar-refractivity contribution in [3.05, 3.63) is 75.0 Å². The largest absolute Gasteiger partial charge is 0.486 e. The van der Waals surface area contributed by atoms with E-state index < -0.39 is 0 Å². The smallest absolute Gasteiger partial charge is 0.200 e. The van der Waals surface area contributed by atoms with E-state index in [1.54, 1.807) is 12.1 Å². The van der Waals surface area contributed by atoms with Crippen LogP contribution in [0, 0.1) is 19.3 Å². The molecule has 25 heavy (non-hydrogen) atoms. The van der Waals surface area contributed by atoms with Gasteiger partial charge in [0.1, 0.15) is 18.9 Å². The van der Waals surface area contributed by atoms with Crippen molar-refractivity contribution in [2.75, 3.05) is 0 Å². The minimum Gasteiger partial charge on any atom is -0.486 e. The number of rotatable bonds is 6. The normalized spacial score (nSPS) is 10.6. The predicted molar refractivity (Wildman–Crippen MR) is 97.0 cm³/mol. The van der Waals surface area contributed by atoms with Crippen molar-refractivity contribution < 1.29 is 9.53 Å². The Balaban J connectivity index is 1.67. The number of benzene rings is 2. The van der Waals surface area contributed by atoms with Crippen LogP contribution >= 0.6 is 11.3 Å². The average molecular weight is 353 g/mol. The number of aromatic nitrogens is 2. The first-order valence-corrected chi connectivity index (χ1v) is 8.74. The highest BCUT2D eigenvalue weighted by Crippen LogP contribution is 2.17. The van der Waals surface area contributed by atoms with Crippen LogP contribution in [0.25, 0.3) is 0 Å². The molecule has 0 spiro atoms. The molecule has 0 aliphatic rings. The van der Waals surface area contributed by atoms with Crippen molar-refractivity contribution in [3.63, 3.8) is 0 Å². The number of ether oxygens (including phenoxy) is 1. The fraction of sp³-hybridized carbons (Fsp3) is 0.211. The van der Waals surface area contributed by atoms with E-state index in [4.69, 9.17) is 10.1 Å². The Bertz CT molecular complexity index is 945. The minimum absolute atomic E-state index is 0.0585. The Labute approximate surface area is 150 Å². The number of nitrogens with zero attached hydrogens (tertiary/aromatic N) is 2. The summed E-state index contributed by atoms with van der Waals surface area (Å²) in [6.07, 6.45) is 0. The van der Waals surface area contributed by atoms with Gasteiger partial charge in [0.05, 0.1) is 0 Å². The first-order valence-electron chi connectivity index (χ1n) is 7.92. The molecule has 1 heterocycles. The third kappa shape index (κ3) is 4.22. The molecule has 5 nitrogen and oxygen atoms in total. The Morgan fingerprint density at radius 1 is 1.16 bits per heavy atom. The van der Waals surface area contributed by atoms with Crippen LogP contribution in [-0.4, -0.2) is 15.6 Å². The van der Waals surface area contributed by atoms with Crippen LogP contribution in [0.1, 0.15) is 26.5 Å². The summed E-state index contributed by atoms with van der Waals surface area (Å²) in [5, 5.41) is 13.0. The van der Waals surface area contributed by atoms with Gasteiger partial charge < -0.3 is 4.74 Å². The van der Waals surface area contributed by atoms with E-state index in [1.165, 1.54) is 27.1 Å². The van der Waals surface area contributed by atoms with Gasteiger partial charge >= 0.3 is 0 Å². The van der Waals surface area contributed by atoms with E-state index in [0.29, 0.717) is 10.6 Å². The Morgan fingerprint density at radius 3 is 2.64 bits per heavy atom. The van der Waals surface area contributed by atoms with Gasteiger partial charge in [0.25, 0.3) is 0 Å². The number of hydrogen-bond donors (Lipinski definition) is 1. The third-order valence-electron chi connectivity index (χ3n) is 3.91. The lowest BCUT2D eigenvalue weighted by atomic mass is 10.1. The molecule has 1 aromatic heterocycles. The second-order valence-electron chi connectivity index (χ2n) is 5.78. The Hall–Kier alpha value is -2.73. The standard InChI is InChI=1S/C19H19N3O2S/c1-13-8-9-16(10-14(13)2)24-12-18-21-22(19(20)25-18)11-17(23)15-6-4-3-5-7-15/h3-10,20H,11-12H2,1-2H3. The molecular weight excluding hydrogens is 334 g/mol. The number of aryl methyl sites for hydroxylation is 2. The summed E-state index contributed by atoms with van der Waals surface area (Å²) >= 11 is 1.22. The van der Waals surface area contributed by atoms with Crippen molar-refractivity contribution in [2.45, 2.75) is 27.0 Å². The Kier molecular flexibility index (Phi) is 5.09. The van der Waals surface area contributed by atoms with E-state index >= 15 is 0 Å². The fourth-order valence-corrected chi connectivity index (χ4v) is 3.02. The van der Waals surface area contributed by atoms with E-state index in [2.05, 4.69) is 12.0 Å². The fourth-order valence-electron chi connectivity index (χ4n) is 2.33. The summed E-state index contributed by atoms with van der Waals surface area (Å²) in [6, 6.07) is 15.0. The highest BCUT2D eigenvalue weighted by atomic mass is 32.1. The molecule has 6 heteroatoms. The number of nitrogens with one attached hydrogen (secondary N) is 1. The molecule has 0 unspecified atom stereocenters. The lowest BCUT2D eigenvalue weighted by molar-refractivity contribution is 0.0965.